The lowest BCUT2D eigenvalue weighted by molar-refractivity contribution is 0.103. The van der Waals surface area contributed by atoms with Gasteiger partial charge in [0.15, 0.2) is 5.78 Å². The highest BCUT2D eigenvalue weighted by molar-refractivity contribution is 6.12. The quantitative estimate of drug-likeness (QED) is 0.685. The molecule has 2 unspecified atom stereocenters. The fourth-order valence-corrected chi connectivity index (χ4v) is 3.89. The summed E-state index contributed by atoms with van der Waals surface area (Å²) in [5.41, 5.74) is 4.52. The van der Waals surface area contributed by atoms with Gasteiger partial charge < -0.3 is 0 Å². The lowest BCUT2D eigenvalue weighted by atomic mass is 9.91. The predicted octanol–water partition coefficient (Wildman–Crippen LogP) is 4.14. The van der Waals surface area contributed by atoms with Gasteiger partial charge >= 0.3 is 0 Å². The van der Waals surface area contributed by atoms with E-state index in [-0.39, 0.29) is 11.2 Å². The number of fused-ring (bicyclic) bond motifs is 5. The van der Waals surface area contributed by atoms with E-state index in [1.807, 2.05) is 36.4 Å². The molecule has 94 valence electrons. The number of rotatable bonds is 0. The molecule has 0 heterocycles. The van der Waals surface area contributed by atoms with Gasteiger partial charge in [0.2, 0.25) is 0 Å². The van der Waals surface area contributed by atoms with Gasteiger partial charge in [-0.05, 0) is 28.4 Å². The molecule has 1 saturated carbocycles. The van der Waals surface area contributed by atoms with Crippen molar-refractivity contribution >= 4 is 5.78 Å². The highest BCUT2D eigenvalue weighted by Crippen LogP contribution is 2.71. The van der Waals surface area contributed by atoms with Crippen molar-refractivity contribution in [3.05, 3.63) is 70.8 Å². The minimum atomic E-state index is 0.189. The van der Waals surface area contributed by atoms with Crippen molar-refractivity contribution in [1.29, 1.82) is 0 Å². The molecule has 0 spiro atoms. The zero-order chi connectivity index (χ0) is 13.2. The molecule has 0 radical (unpaired) electrons. The molecule has 0 aromatic heterocycles. The average Bonchev–Trinajstić information content (AvgIpc) is 3.02. The maximum absolute atomic E-state index is 12.7. The van der Waals surface area contributed by atoms with Gasteiger partial charge in [-0.25, -0.2) is 0 Å². The molecule has 1 fully saturated rings. The molecule has 0 saturated heterocycles. The van der Waals surface area contributed by atoms with Crippen LogP contribution in [0.5, 0.6) is 0 Å². The topological polar surface area (TPSA) is 17.1 Å². The molecule has 2 aliphatic rings. The van der Waals surface area contributed by atoms with Crippen LogP contribution in [0.1, 0.15) is 52.7 Å². The van der Waals surface area contributed by atoms with Gasteiger partial charge in [-0.15, -0.1) is 0 Å². The van der Waals surface area contributed by atoms with E-state index in [4.69, 9.17) is 0 Å². The minimum Gasteiger partial charge on any atom is -0.289 e. The zero-order valence-electron chi connectivity index (χ0n) is 11.2. The van der Waals surface area contributed by atoms with E-state index >= 15 is 0 Å². The first-order valence-corrected chi connectivity index (χ1v) is 6.85. The van der Waals surface area contributed by atoms with E-state index in [9.17, 15) is 4.79 Å². The Morgan fingerprint density at radius 1 is 0.789 bits per heavy atom. The monoisotopic (exact) mass is 248 g/mol. The van der Waals surface area contributed by atoms with Crippen molar-refractivity contribution in [2.45, 2.75) is 25.7 Å². The Bertz CT molecular complexity index is 639. The molecule has 0 aliphatic heterocycles. The number of carbonyl (C=O) groups is 1. The Labute approximate surface area is 113 Å². The van der Waals surface area contributed by atoms with E-state index in [1.165, 1.54) is 11.1 Å². The molecule has 2 atom stereocenters. The van der Waals surface area contributed by atoms with Crippen LogP contribution in [0.3, 0.4) is 0 Å². The fraction of sp³-hybridized carbons (Fsp3) is 0.278. The van der Waals surface area contributed by atoms with Crippen molar-refractivity contribution in [3.63, 3.8) is 0 Å². The smallest absolute Gasteiger partial charge is 0.193 e. The van der Waals surface area contributed by atoms with Crippen LogP contribution in [0.15, 0.2) is 48.5 Å². The van der Waals surface area contributed by atoms with E-state index in [0.29, 0.717) is 11.8 Å². The highest BCUT2D eigenvalue weighted by atomic mass is 16.1. The molecule has 0 bridgehead atoms. The van der Waals surface area contributed by atoms with E-state index < -0.39 is 0 Å². The first-order valence-electron chi connectivity index (χ1n) is 6.85. The molecule has 4 rings (SSSR count). The second-order valence-corrected chi connectivity index (χ2v) is 6.28. The zero-order valence-corrected chi connectivity index (χ0v) is 11.2. The Hall–Kier alpha value is -1.89. The van der Waals surface area contributed by atoms with E-state index in [0.717, 1.165) is 11.1 Å². The molecule has 0 amide bonds. The largest absolute Gasteiger partial charge is 0.289 e. The van der Waals surface area contributed by atoms with E-state index in [2.05, 4.69) is 26.0 Å². The standard InChI is InChI=1S/C18H16O/c1-18(2)15-11-7-3-5-9-13(11)17(19)14-10-6-4-8-12(14)16(15)18/h3-10,15-16H,1-2H3. The van der Waals surface area contributed by atoms with Gasteiger partial charge in [-0.1, -0.05) is 62.4 Å². The Morgan fingerprint density at radius 2 is 1.21 bits per heavy atom. The average molecular weight is 248 g/mol. The van der Waals surface area contributed by atoms with Crippen LogP contribution in [0, 0.1) is 5.41 Å². The maximum atomic E-state index is 12.7. The molecular formula is C18H16O. The summed E-state index contributed by atoms with van der Waals surface area (Å²) >= 11 is 0. The van der Waals surface area contributed by atoms with Crippen molar-refractivity contribution in [1.82, 2.24) is 0 Å². The summed E-state index contributed by atoms with van der Waals surface area (Å²) in [7, 11) is 0. The number of hydrogen-bond acceptors (Lipinski definition) is 1. The second-order valence-electron chi connectivity index (χ2n) is 6.28. The Morgan fingerprint density at radius 3 is 1.68 bits per heavy atom. The van der Waals surface area contributed by atoms with Crippen molar-refractivity contribution in [2.24, 2.45) is 5.41 Å². The third kappa shape index (κ3) is 1.28. The number of hydrogen-bond donors (Lipinski definition) is 0. The van der Waals surface area contributed by atoms with Crippen molar-refractivity contribution in [3.8, 4) is 0 Å². The van der Waals surface area contributed by atoms with Gasteiger partial charge in [0.1, 0.15) is 0 Å². The number of carbonyl (C=O) groups excluding carboxylic acids is 1. The summed E-state index contributed by atoms with van der Waals surface area (Å²) in [6.07, 6.45) is 0. The van der Waals surface area contributed by atoms with Crippen LogP contribution in [0.2, 0.25) is 0 Å². The maximum Gasteiger partial charge on any atom is 0.193 e. The minimum absolute atomic E-state index is 0.189. The van der Waals surface area contributed by atoms with Crippen molar-refractivity contribution < 1.29 is 4.79 Å². The highest BCUT2D eigenvalue weighted by Gasteiger charge is 2.61. The van der Waals surface area contributed by atoms with Gasteiger partial charge in [0.05, 0.1) is 0 Å². The normalized spacial score (nSPS) is 25.9. The molecule has 1 heteroatoms. The number of benzene rings is 2. The van der Waals surface area contributed by atoms with Crippen molar-refractivity contribution in [2.75, 3.05) is 0 Å². The van der Waals surface area contributed by atoms with Crippen LogP contribution in [0.25, 0.3) is 0 Å². The fourth-order valence-electron chi connectivity index (χ4n) is 3.89. The molecule has 1 nitrogen and oxygen atoms in total. The number of ketones is 1. The third-order valence-corrected chi connectivity index (χ3v) is 4.91. The molecule has 2 aromatic rings. The van der Waals surface area contributed by atoms with Crippen LogP contribution >= 0.6 is 0 Å². The summed E-state index contributed by atoms with van der Waals surface area (Å²) in [5.74, 6) is 1.15. The first kappa shape index (κ1) is 11.0. The lowest BCUT2D eigenvalue weighted by Gasteiger charge is -2.12. The summed E-state index contributed by atoms with van der Waals surface area (Å²) in [6, 6.07) is 16.2. The summed E-state index contributed by atoms with van der Waals surface area (Å²) in [5, 5.41) is 0. The van der Waals surface area contributed by atoms with Gasteiger partial charge in [0.25, 0.3) is 0 Å². The molecule has 19 heavy (non-hydrogen) atoms. The first-order chi connectivity index (χ1) is 9.12. The van der Waals surface area contributed by atoms with E-state index in [1.54, 1.807) is 0 Å². The lowest BCUT2D eigenvalue weighted by Crippen LogP contribution is -2.08. The summed E-state index contributed by atoms with van der Waals surface area (Å²) in [6.45, 7) is 4.62. The Balaban J connectivity index is 2.05. The van der Waals surface area contributed by atoms with Crippen LogP contribution < -0.4 is 0 Å². The Kier molecular flexibility index (Phi) is 1.94. The third-order valence-electron chi connectivity index (χ3n) is 4.91. The molecule has 0 N–H and O–H groups in total. The van der Waals surface area contributed by atoms with Crippen LogP contribution in [-0.4, -0.2) is 5.78 Å². The predicted molar refractivity (Wildman–Crippen MR) is 75.6 cm³/mol. The van der Waals surface area contributed by atoms with Crippen LogP contribution in [0.4, 0.5) is 0 Å². The van der Waals surface area contributed by atoms with Crippen LogP contribution in [-0.2, 0) is 0 Å². The molecule has 2 aliphatic carbocycles. The molecule has 2 aromatic carbocycles. The second kappa shape index (κ2) is 3.36. The SMILES string of the molecule is CC1(C)C2c3ccccc3C(=O)c3ccccc3C21. The van der Waals surface area contributed by atoms with Gasteiger partial charge in [0, 0.05) is 11.1 Å². The van der Waals surface area contributed by atoms with Gasteiger partial charge in [-0.2, -0.15) is 0 Å². The summed E-state index contributed by atoms with van der Waals surface area (Å²) in [4.78, 5) is 12.7. The van der Waals surface area contributed by atoms with Gasteiger partial charge in [-0.3, -0.25) is 4.79 Å². The summed E-state index contributed by atoms with van der Waals surface area (Å²) < 4.78 is 0. The molecular weight excluding hydrogens is 232 g/mol.